The molecule has 0 aromatic carbocycles. The highest BCUT2D eigenvalue weighted by Gasteiger charge is 1.90. The third kappa shape index (κ3) is 34.3. The lowest BCUT2D eigenvalue weighted by Gasteiger charge is -1.94. The summed E-state index contributed by atoms with van der Waals surface area (Å²) in [7, 11) is 6.00. The molecule has 4 nitrogen and oxygen atoms in total. The van der Waals surface area contributed by atoms with Gasteiger partial charge in [0.25, 0.3) is 0 Å². The van der Waals surface area contributed by atoms with E-state index in [0.29, 0.717) is 0 Å². The van der Waals surface area contributed by atoms with Gasteiger partial charge >= 0.3 is 5.97 Å². The van der Waals surface area contributed by atoms with Crippen molar-refractivity contribution < 1.29 is 9.90 Å². The molecular weight excluding hydrogens is 156 g/mol. The predicted octanol–water partition coefficient (Wildman–Crippen LogP) is 0.248. The highest BCUT2D eigenvalue weighted by molar-refractivity contribution is 5.68. The first kappa shape index (κ1) is 13.9. The van der Waals surface area contributed by atoms with Crippen molar-refractivity contribution in [2.24, 2.45) is 0 Å². The summed E-state index contributed by atoms with van der Waals surface area (Å²) in [5, 5.41) is 10.8. The quantitative estimate of drug-likeness (QED) is 0.603. The highest BCUT2D eigenvalue weighted by Crippen LogP contribution is 1.67. The van der Waals surface area contributed by atoms with Crippen molar-refractivity contribution in [3.8, 4) is 0 Å². The van der Waals surface area contributed by atoms with Gasteiger partial charge in [0.15, 0.2) is 0 Å². The van der Waals surface area contributed by atoms with Gasteiger partial charge in [0, 0.05) is 0 Å². The maximum absolute atomic E-state index is 9.81. The van der Waals surface area contributed by atoms with E-state index < -0.39 is 5.97 Å². The van der Waals surface area contributed by atoms with Crippen LogP contribution >= 0.6 is 0 Å². The number of carboxylic acids is 1. The van der Waals surface area contributed by atoms with Crippen LogP contribution in [-0.4, -0.2) is 50.2 Å². The van der Waals surface area contributed by atoms with Crippen molar-refractivity contribution in [3.05, 3.63) is 0 Å². The number of nitrogens with zero attached hydrogens (tertiary/aromatic N) is 1. The first-order chi connectivity index (χ1) is 5.50. The molecule has 0 aliphatic carbocycles. The number of aliphatic carboxylic acids is 1. The van der Waals surface area contributed by atoms with Crippen LogP contribution in [0.2, 0.25) is 0 Å². The number of carbonyl (C=O) groups is 1. The fourth-order valence-electron chi connectivity index (χ4n) is 0.372. The zero-order chi connectivity index (χ0) is 9.98. The number of hydrogen-bond acceptors (Lipinski definition) is 3. The molecule has 0 unspecified atom stereocenters. The van der Waals surface area contributed by atoms with E-state index in [0.717, 1.165) is 13.0 Å². The Kier molecular flexibility index (Phi) is 12.1. The van der Waals surface area contributed by atoms with Crippen molar-refractivity contribution >= 4 is 5.97 Å². The lowest BCUT2D eigenvalue weighted by Crippen LogP contribution is -2.22. The third-order valence-electron chi connectivity index (χ3n) is 0.703. The smallest absolute Gasteiger partial charge is 0.317 e. The second-order valence-corrected chi connectivity index (χ2v) is 2.91. The zero-order valence-corrected chi connectivity index (χ0v) is 8.42. The number of carboxylic acid groups (broad SMARTS) is 1. The van der Waals surface area contributed by atoms with Crippen molar-refractivity contribution in [1.82, 2.24) is 10.2 Å². The second kappa shape index (κ2) is 10.4. The van der Waals surface area contributed by atoms with Gasteiger partial charge < -0.3 is 15.3 Å². The molecular formula is C8H20N2O2. The van der Waals surface area contributed by atoms with Crippen LogP contribution in [0.5, 0.6) is 0 Å². The molecule has 0 aromatic heterocycles. The average Bonchev–Trinajstić information content (AvgIpc) is 1.86. The molecule has 0 spiro atoms. The Morgan fingerprint density at radius 1 is 1.42 bits per heavy atom. The molecule has 0 heterocycles. The highest BCUT2D eigenvalue weighted by atomic mass is 16.4. The van der Waals surface area contributed by atoms with Crippen LogP contribution in [-0.2, 0) is 4.79 Å². The van der Waals surface area contributed by atoms with Crippen molar-refractivity contribution in [1.29, 1.82) is 0 Å². The summed E-state index contributed by atoms with van der Waals surface area (Å²) in [5.74, 6) is -0.793. The molecule has 74 valence electrons. The predicted molar refractivity (Wildman–Crippen MR) is 50.4 cm³/mol. The van der Waals surface area contributed by atoms with E-state index in [1.165, 1.54) is 0 Å². The number of rotatable bonds is 4. The van der Waals surface area contributed by atoms with E-state index in [1.54, 1.807) is 0 Å². The van der Waals surface area contributed by atoms with Crippen LogP contribution in [0.3, 0.4) is 0 Å². The maximum Gasteiger partial charge on any atom is 0.317 e. The maximum atomic E-state index is 9.81. The van der Waals surface area contributed by atoms with Crippen molar-refractivity contribution in [2.45, 2.75) is 13.3 Å². The Morgan fingerprint density at radius 2 is 1.83 bits per heavy atom. The van der Waals surface area contributed by atoms with Crippen LogP contribution in [0, 0.1) is 0 Å². The first-order valence-corrected chi connectivity index (χ1v) is 4.04. The first-order valence-electron chi connectivity index (χ1n) is 4.04. The Labute approximate surface area is 74.6 Å². The van der Waals surface area contributed by atoms with Gasteiger partial charge in [-0.15, -0.1) is 0 Å². The van der Waals surface area contributed by atoms with E-state index in [2.05, 4.69) is 5.32 Å². The van der Waals surface area contributed by atoms with E-state index in [-0.39, 0.29) is 6.54 Å². The van der Waals surface area contributed by atoms with E-state index in [4.69, 9.17) is 5.11 Å². The van der Waals surface area contributed by atoms with Gasteiger partial charge in [-0.2, -0.15) is 0 Å². The van der Waals surface area contributed by atoms with Crippen LogP contribution in [0.4, 0.5) is 0 Å². The average molecular weight is 176 g/mol. The summed E-state index contributed by atoms with van der Waals surface area (Å²) >= 11 is 0. The number of hydrogen-bond donors (Lipinski definition) is 2. The fraction of sp³-hybridized carbons (Fsp3) is 0.875. The van der Waals surface area contributed by atoms with Gasteiger partial charge in [0.2, 0.25) is 0 Å². The summed E-state index contributed by atoms with van der Waals surface area (Å²) < 4.78 is 0. The van der Waals surface area contributed by atoms with Crippen LogP contribution < -0.4 is 5.32 Å². The zero-order valence-electron chi connectivity index (χ0n) is 8.42. The minimum absolute atomic E-state index is 0.0772. The normalized spacial score (nSPS) is 9.08. The van der Waals surface area contributed by atoms with Crippen LogP contribution in [0.1, 0.15) is 13.3 Å². The van der Waals surface area contributed by atoms with Gasteiger partial charge in [-0.05, 0) is 34.1 Å². The van der Waals surface area contributed by atoms with Gasteiger partial charge in [-0.25, -0.2) is 0 Å². The Morgan fingerprint density at radius 3 is 2.08 bits per heavy atom. The molecule has 0 rings (SSSR count). The lowest BCUT2D eigenvalue weighted by molar-refractivity contribution is -0.135. The number of nitrogens with one attached hydrogen (secondary N) is 1. The standard InChI is InChI=1S/C5H11NO2.C3H9N/c1-2-3-6-4-5(7)8;1-4(2)3/h6H,2-4H2,1H3,(H,7,8);1-3H3. The summed E-state index contributed by atoms with van der Waals surface area (Å²) in [6.45, 7) is 2.86. The summed E-state index contributed by atoms with van der Waals surface area (Å²) in [6.07, 6.45) is 0.979. The summed E-state index contributed by atoms with van der Waals surface area (Å²) in [5.41, 5.74) is 0. The molecule has 0 saturated carbocycles. The summed E-state index contributed by atoms with van der Waals surface area (Å²) in [6, 6.07) is 0. The molecule has 0 bridgehead atoms. The van der Waals surface area contributed by atoms with Crippen LogP contribution in [0.25, 0.3) is 0 Å². The largest absolute Gasteiger partial charge is 0.480 e. The monoisotopic (exact) mass is 176 g/mol. The molecule has 0 radical (unpaired) electrons. The molecule has 0 aromatic rings. The summed E-state index contributed by atoms with van der Waals surface area (Å²) in [4.78, 5) is 11.8. The SMILES string of the molecule is CCCNCC(=O)O.CN(C)C. The second-order valence-electron chi connectivity index (χ2n) is 2.91. The van der Waals surface area contributed by atoms with Gasteiger partial charge in [0.05, 0.1) is 6.54 Å². The topological polar surface area (TPSA) is 52.6 Å². The molecule has 0 atom stereocenters. The fourth-order valence-corrected chi connectivity index (χ4v) is 0.372. The van der Waals surface area contributed by atoms with Gasteiger partial charge in [-0.3, -0.25) is 4.79 Å². The molecule has 4 heteroatoms. The third-order valence-corrected chi connectivity index (χ3v) is 0.703. The van der Waals surface area contributed by atoms with Crippen molar-refractivity contribution in [2.75, 3.05) is 34.2 Å². The van der Waals surface area contributed by atoms with Crippen molar-refractivity contribution in [3.63, 3.8) is 0 Å². The minimum atomic E-state index is -0.793. The molecule has 0 fully saturated rings. The molecule has 0 saturated heterocycles. The molecule has 12 heavy (non-hydrogen) atoms. The Bertz CT molecular complexity index is 102. The molecule has 2 N–H and O–H groups in total. The van der Waals surface area contributed by atoms with Crippen LogP contribution in [0.15, 0.2) is 0 Å². The molecule has 0 amide bonds. The van der Waals surface area contributed by atoms with E-state index in [9.17, 15) is 4.79 Å². The molecule has 0 aliphatic rings. The Hall–Kier alpha value is -0.610. The van der Waals surface area contributed by atoms with E-state index >= 15 is 0 Å². The van der Waals surface area contributed by atoms with Gasteiger partial charge in [-0.1, -0.05) is 6.92 Å². The van der Waals surface area contributed by atoms with Gasteiger partial charge in [0.1, 0.15) is 0 Å². The Balaban J connectivity index is 0. The minimum Gasteiger partial charge on any atom is -0.480 e. The molecule has 0 aliphatic heterocycles. The van der Waals surface area contributed by atoms with E-state index in [1.807, 2.05) is 33.0 Å². The lowest BCUT2D eigenvalue weighted by atomic mass is 10.5.